The Balaban J connectivity index is 1.99. The summed E-state index contributed by atoms with van der Waals surface area (Å²) in [6.45, 7) is 1.97. The Kier molecular flexibility index (Phi) is 3.11. The van der Waals surface area contributed by atoms with Crippen LogP contribution in [-0.4, -0.2) is 0 Å². The van der Waals surface area contributed by atoms with Gasteiger partial charge in [-0.2, -0.15) is 0 Å². The molecule has 0 amide bonds. The first-order chi connectivity index (χ1) is 9.15. The molecule has 0 saturated carbocycles. The molecule has 3 rings (SSSR count). The van der Waals surface area contributed by atoms with Crippen molar-refractivity contribution in [3.63, 3.8) is 0 Å². The van der Waals surface area contributed by atoms with Crippen LogP contribution in [0.25, 0.3) is 0 Å². The van der Waals surface area contributed by atoms with E-state index in [9.17, 15) is 4.39 Å². The maximum Gasteiger partial charge on any atom is 0.123 e. The fourth-order valence-corrected chi connectivity index (χ4v) is 2.91. The average Bonchev–Trinajstić information content (AvgIpc) is 2.88. The van der Waals surface area contributed by atoms with Crippen molar-refractivity contribution in [2.75, 3.05) is 0 Å². The van der Waals surface area contributed by atoms with Crippen molar-refractivity contribution < 1.29 is 4.39 Å². The molecule has 0 radical (unpaired) electrons. The zero-order valence-corrected chi connectivity index (χ0v) is 11.1. The fraction of sp³-hybridized carbons (Fsp3) is 0.294. The molecule has 0 heterocycles. The molecule has 0 spiro atoms. The molecule has 1 nitrogen and oxygen atoms in total. The second kappa shape index (κ2) is 4.78. The van der Waals surface area contributed by atoms with Gasteiger partial charge in [-0.05, 0) is 66.1 Å². The lowest BCUT2D eigenvalue weighted by Gasteiger charge is -2.16. The molecule has 1 aliphatic rings. The number of benzene rings is 2. The summed E-state index contributed by atoms with van der Waals surface area (Å²) >= 11 is 0. The summed E-state index contributed by atoms with van der Waals surface area (Å²) in [5.41, 5.74) is 12.1. The minimum Gasteiger partial charge on any atom is -0.320 e. The van der Waals surface area contributed by atoms with Gasteiger partial charge in [-0.25, -0.2) is 4.39 Å². The Morgan fingerprint density at radius 1 is 1.05 bits per heavy atom. The highest BCUT2D eigenvalue weighted by atomic mass is 19.1. The summed E-state index contributed by atoms with van der Waals surface area (Å²) in [7, 11) is 0. The van der Waals surface area contributed by atoms with Crippen molar-refractivity contribution in [1.82, 2.24) is 0 Å². The fourth-order valence-electron chi connectivity index (χ4n) is 2.91. The van der Waals surface area contributed by atoms with Crippen LogP contribution in [0.4, 0.5) is 4.39 Å². The van der Waals surface area contributed by atoms with Crippen LogP contribution in [0.15, 0.2) is 36.4 Å². The molecule has 0 aliphatic heterocycles. The van der Waals surface area contributed by atoms with Crippen LogP contribution in [0, 0.1) is 12.7 Å². The molecule has 0 aromatic heterocycles. The van der Waals surface area contributed by atoms with Gasteiger partial charge in [0.2, 0.25) is 0 Å². The number of fused-ring (bicyclic) bond motifs is 1. The topological polar surface area (TPSA) is 26.0 Å². The molecule has 2 aromatic carbocycles. The van der Waals surface area contributed by atoms with Gasteiger partial charge in [-0.3, -0.25) is 0 Å². The minimum absolute atomic E-state index is 0.225. The third-order valence-corrected chi connectivity index (χ3v) is 4.06. The van der Waals surface area contributed by atoms with E-state index in [1.807, 2.05) is 6.92 Å². The first-order valence-electron chi connectivity index (χ1n) is 6.78. The smallest absolute Gasteiger partial charge is 0.123 e. The predicted molar refractivity (Wildman–Crippen MR) is 75.6 cm³/mol. The molecule has 1 unspecified atom stereocenters. The zero-order chi connectivity index (χ0) is 13.4. The summed E-state index contributed by atoms with van der Waals surface area (Å²) in [5, 5.41) is 0. The van der Waals surface area contributed by atoms with Gasteiger partial charge in [0, 0.05) is 0 Å². The summed E-state index contributed by atoms with van der Waals surface area (Å²) in [6, 6.07) is 11.0. The number of nitrogens with two attached hydrogens (primary N) is 1. The van der Waals surface area contributed by atoms with Crippen molar-refractivity contribution in [2.24, 2.45) is 5.73 Å². The van der Waals surface area contributed by atoms with Gasteiger partial charge in [0.15, 0.2) is 0 Å². The molecule has 0 fully saturated rings. The Morgan fingerprint density at radius 2 is 1.84 bits per heavy atom. The Bertz CT molecular complexity index is 619. The molecular formula is C17H18FN. The highest BCUT2D eigenvalue weighted by molar-refractivity contribution is 5.41. The van der Waals surface area contributed by atoms with E-state index >= 15 is 0 Å². The second-order valence-electron chi connectivity index (χ2n) is 5.36. The predicted octanol–water partition coefficient (Wildman–Crippen LogP) is 3.67. The molecule has 1 atom stereocenters. The summed E-state index contributed by atoms with van der Waals surface area (Å²) < 4.78 is 13.4. The third kappa shape index (κ3) is 2.28. The largest absolute Gasteiger partial charge is 0.320 e. The van der Waals surface area contributed by atoms with Crippen molar-refractivity contribution in [1.29, 1.82) is 0 Å². The highest BCUT2D eigenvalue weighted by Gasteiger charge is 2.16. The minimum atomic E-state index is -0.249. The normalized spacial score (nSPS) is 15.3. The average molecular weight is 255 g/mol. The molecule has 19 heavy (non-hydrogen) atoms. The molecular weight excluding hydrogens is 237 g/mol. The summed E-state index contributed by atoms with van der Waals surface area (Å²) in [6.07, 6.45) is 3.54. The van der Waals surface area contributed by atoms with Crippen LogP contribution in [-0.2, 0) is 12.8 Å². The SMILES string of the molecule is Cc1ccc(F)cc1C(N)c1ccc2c(c1)CCC2. The molecule has 2 aromatic rings. The van der Waals surface area contributed by atoms with E-state index in [4.69, 9.17) is 5.73 Å². The van der Waals surface area contributed by atoms with E-state index in [1.165, 1.54) is 30.0 Å². The first-order valence-corrected chi connectivity index (χ1v) is 6.78. The molecule has 1 aliphatic carbocycles. The number of hydrogen-bond acceptors (Lipinski definition) is 1. The van der Waals surface area contributed by atoms with E-state index in [-0.39, 0.29) is 11.9 Å². The van der Waals surface area contributed by atoms with Crippen LogP contribution < -0.4 is 5.73 Å². The Labute approximate surface area is 113 Å². The monoisotopic (exact) mass is 255 g/mol. The molecule has 0 saturated heterocycles. The maximum absolute atomic E-state index is 13.4. The second-order valence-corrected chi connectivity index (χ2v) is 5.36. The zero-order valence-electron chi connectivity index (χ0n) is 11.1. The van der Waals surface area contributed by atoms with Crippen LogP contribution >= 0.6 is 0 Å². The van der Waals surface area contributed by atoms with Crippen LogP contribution in [0.1, 0.15) is 40.3 Å². The van der Waals surface area contributed by atoms with Gasteiger partial charge in [-0.1, -0.05) is 24.3 Å². The molecule has 2 heteroatoms. The Hall–Kier alpha value is -1.67. The van der Waals surface area contributed by atoms with Gasteiger partial charge in [0.1, 0.15) is 5.82 Å². The van der Waals surface area contributed by atoms with E-state index < -0.39 is 0 Å². The lowest BCUT2D eigenvalue weighted by Crippen LogP contribution is -2.14. The number of rotatable bonds is 2. The number of hydrogen-bond donors (Lipinski definition) is 1. The van der Waals surface area contributed by atoms with E-state index in [2.05, 4.69) is 18.2 Å². The summed E-state index contributed by atoms with van der Waals surface area (Å²) in [5.74, 6) is -0.225. The molecule has 98 valence electrons. The van der Waals surface area contributed by atoms with E-state index in [0.717, 1.165) is 23.1 Å². The third-order valence-electron chi connectivity index (χ3n) is 4.06. The lowest BCUT2D eigenvalue weighted by molar-refractivity contribution is 0.622. The van der Waals surface area contributed by atoms with Crippen LogP contribution in [0.3, 0.4) is 0 Å². The van der Waals surface area contributed by atoms with Crippen molar-refractivity contribution >= 4 is 0 Å². The van der Waals surface area contributed by atoms with Crippen LogP contribution in [0.2, 0.25) is 0 Å². The quantitative estimate of drug-likeness (QED) is 0.870. The standard InChI is InChI=1S/C17H18FN/c1-11-5-8-15(18)10-16(11)17(19)14-7-6-12-3-2-4-13(12)9-14/h5-10,17H,2-4,19H2,1H3. The lowest BCUT2D eigenvalue weighted by atomic mass is 9.93. The van der Waals surface area contributed by atoms with Gasteiger partial charge in [0.25, 0.3) is 0 Å². The maximum atomic E-state index is 13.4. The molecule has 0 bridgehead atoms. The van der Waals surface area contributed by atoms with E-state index in [1.54, 1.807) is 12.1 Å². The van der Waals surface area contributed by atoms with Gasteiger partial charge < -0.3 is 5.73 Å². The summed E-state index contributed by atoms with van der Waals surface area (Å²) in [4.78, 5) is 0. The first kappa shape index (κ1) is 12.4. The van der Waals surface area contributed by atoms with Gasteiger partial charge >= 0.3 is 0 Å². The van der Waals surface area contributed by atoms with Gasteiger partial charge in [0.05, 0.1) is 6.04 Å². The van der Waals surface area contributed by atoms with Gasteiger partial charge in [-0.15, -0.1) is 0 Å². The number of halogens is 1. The van der Waals surface area contributed by atoms with Crippen molar-refractivity contribution in [3.8, 4) is 0 Å². The van der Waals surface area contributed by atoms with Crippen molar-refractivity contribution in [2.45, 2.75) is 32.2 Å². The highest BCUT2D eigenvalue weighted by Crippen LogP contribution is 2.28. The van der Waals surface area contributed by atoms with Crippen molar-refractivity contribution in [3.05, 3.63) is 70.0 Å². The Morgan fingerprint density at radius 3 is 2.68 bits per heavy atom. The van der Waals surface area contributed by atoms with Crippen LogP contribution in [0.5, 0.6) is 0 Å². The number of aryl methyl sites for hydroxylation is 3. The van der Waals surface area contributed by atoms with E-state index in [0.29, 0.717) is 0 Å². The molecule has 2 N–H and O–H groups in total.